The number of amides is 2. The third-order valence-electron chi connectivity index (χ3n) is 8.82. The van der Waals surface area contributed by atoms with E-state index in [0.29, 0.717) is 35.7 Å². The smallest absolute Gasteiger partial charge is 0.347 e. The number of aryl methyl sites for hydroxylation is 3. The first-order valence-electron chi connectivity index (χ1n) is 18.2. The molecule has 0 spiro atoms. The molecule has 2 aromatic carbocycles. The Morgan fingerprint density at radius 3 is 2.24 bits per heavy atom. The van der Waals surface area contributed by atoms with Gasteiger partial charge >= 0.3 is 5.97 Å². The summed E-state index contributed by atoms with van der Waals surface area (Å²) in [5, 5.41) is 14.4. The summed E-state index contributed by atoms with van der Waals surface area (Å²) in [6.07, 6.45) is 7.37. The van der Waals surface area contributed by atoms with Crippen molar-refractivity contribution in [3.63, 3.8) is 0 Å². The number of carbonyl (C=O) groups is 3. The number of carbonyl (C=O) groups excluding carboxylic acids is 3. The number of allylic oxidation sites excluding steroid dienone is 1. The molecular formula is C42H64N2O6. The fraction of sp³-hybridized carbons (Fsp3) is 0.548. The van der Waals surface area contributed by atoms with Crippen molar-refractivity contribution in [1.29, 1.82) is 0 Å². The van der Waals surface area contributed by atoms with Crippen LogP contribution in [0.5, 0.6) is 5.75 Å². The van der Waals surface area contributed by atoms with Crippen LogP contribution in [0.1, 0.15) is 102 Å². The van der Waals surface area contributed by atoms with E-state index < -0.39 is 12.1 Å². The molecule has 0 heterocycles. The number of phenolic OH excluding ortho intramolecular Hbond substituents is 1. The molecular weight excluding hydrogens is 628 g/mol. The zero-order chi connectivity index (χ0) is 37.8. The van der Waals surface area contributed by atoms with Crippen LogP contribution in [0.2, 0.25) is 0 Å². The van der Waals surface area contributed by atoms with Gasteiger partial charge in [0.05, 0.1) is 19.4 Å². The number of methoxy groups -OCH3 is 1. The van der Waals surface area contributed by atoms with Crippen LogP contribution in [0.15, 0.2) is 67.0 Å². The number of aromatic hydroxyl groups is 1. The van der Waals surface area contributed by atoms with E-state index >= 15 is 0 Å². The van der Waals surface area contributed by atoms with E-state index in [0.717, 1.165) is 24.8 Å². The van der Waals surface area contributed by atoms with Crippen LogP contribution >= 0.6 is 0 Å². The molecule has 8 nitrogen and oxygen atoms in total. The van der Waals surface area contributed by atoms with Gasteiger partial charge in [0.1, 0.15) is 5.75 Å². The molecule has 1 fully saturated rings. The summed E-state index contributed by atoms with van der Waals surface area (Å²) in [5.74, 6) is 1.77. The van der Waals surface area contributed by atoms with Gasteiger partial charge in [0.15, 0.2) is 6.10 Å². The van der Waals surface area contributed by atoms with E-state index in [-0.39, 0.29) is 36.7 Å². The van der Waals surface area contributed by atoms with Gasteiger partial charge in [-0.1, -0.05) is 103 Å². The Kier molecular flexibility index (Phi) is 20.5. The van der Waals surface area contributed by atoms with Crippen molar-refractivity contribution in [1.82, 2.24) is 10.6 Å². The zero-order valence-corrected chi connectivity index (χ0v) is 32.3. The number of ether oxygens (including phenoxy) is 2. The highest BCUT2D eigenvalue weighted by Crippen LogP contribution is 2.52. The Morgan fingerprint density at radius 2 is 1.68 bits per heavy atom. The number of hydrogen-bond donors (Lipinski definition) is 3. The first-order valence-corrected chi connectivity index (χ1v) is 18.2. The number of benzene rings is 2. The number of esters is 1. The maximum Gasteiger partial charge on any atom is 0.347 e. The molecule has 0 radical (unpaired) electrons. The molecule has 3 rings (SSSR count). The van der Waals surface area contributed by atoms with Crippen molar-refractivity contribution in [3.05, 3.63) is 89.2 Å². The van der Waals surface area contributed by atoms with E-state index in [9.17, 15) is 14.4 Å². The Bertz CT molecular complexity index is 1370. The highest BCUT2D eigenvalue weighted by atomic mass is 16.6. The largest absolute Gasteiger partial charge is 0.508 e. The Hall–Kier alpha value is -4.07. The summed E-state index contributed by atoms with van der Waals surface area (Å²) in [5.41, 5.74) is 4.95. The molecule has 50 heavy (non-hydrogen) atoms. The topological polar surface area (TPSA) is 114 Å². The second-order valence-electron chi connectivity index (χ2n) is 13.5. The van der Waals surface area contributed by atoms with Crippen LogP contribution in [0.3, 0.4) is 0 Å². The summed E-state index contributed by atoms with van der Waals surface area (Å²) in [6.45, 7) is 22.3. The predicted molar refractivity (Wildman–Crippen MR) is 204 cm³/mol. The van der Waals surface area contributed by atoms with Crippen molar-refractivity contribution in [2.75, 3.05) is 20.2 Å². The SMILES string of the molecule is C=C(O[C@@H](CC(C)C)C(=O)OC)[C@H](C)CNC(=O)CNC(=O)/C=C/CC[C@H](C)C1CC1c1ccc(CC)cc1.CC.Cc1ccc(O)c(C)c1. The van der Waals surface area contributed by atoms with Crippen molar-refractivity contribution in [2.45, 2.75) is 106 Å². The fourth-order valence-corrected chi connectivity index (χ4v) is 5.52. The van der Waals surface area contributed by atoms with Crippen LogP contribution in [0.25, 0.3) is 0 Å². The van der Waals surface area contributed by atoms with Crippen molar-refractivity contribution >= 4 is 17.8 Å². The molecule has 1 aliphatic carbocycles. The van der Waals surface area contributed by atoms with E-state index in [2.05, 4.69) is 55.3 Å². The summed E-state index contributed by atoms with van der Waals surface area (Å²) < 4.78 is 10.5. The number of rotatable bonds is 17. The normalized spacial score (nSPS) is 16.5. The minimum Gasteiger partial charge on any atom is -0.508 e. The summed E-state index contributed by atoms with van der Waals surface area (Å²) in [7, 11) is 1.33. The maximum absolute atomic E-state index is 12.2. The summed E-state index contributed by atoms with van der Waals surface area (Å²) in [4.78, 5) is 36.3. The molecule has 2 aromatic rings. The summed E-state index contributed by atoms with van der Waals surface area (Å²) >= 11 is 0. The zero-order valence-electron chi connectivity index (χ0n) is 32.3. The Morgan fingerprint density at radius 1 is 1.02 bits per heavy atom. The van der Waals surface area contributed by atoms with Crippen LogP contribution in [-0.2, 0) is 30.3 Å². The van der Waals surface area contributed by atoms with Gasteiger partial charge < -0.3 is 25.2 Å². The van der Waals surface area contributed by atoms with E-state index in [4.69, 9.17) is 14.6 Å². The number of hydrogen-bond acceptors (Lipinski definition) is 6. The molecule has 0 aliphatic heterocycles. The molecule has 3 N–H and O–H groups in total. The first-order chi connectivity index (χ1) is 23.7. The Labute approximate surface area is 302 Å². The fourth-order valence-electron chi connectivity index (χ4n) is 5.52. The lowest BCUT2D eigenvalue weighted by Crippen LogP contribution is -2.38. The molecule has 5 atom stereocenters. The van der Waals surface area contributed by atoms with Crippen LogP contribution in [0.4, 0.5) is 0 Å². The first kappa shape index (κ1) is 44.0. The molecule has 8 heteroatoms. The predicted octanol–water partition coefficient (Wildman–Crippen LogP) is 8.35. The average molecular weight is 693 g/mol. The van der Waals surface area contributed by atoms with Gasteiger partial charge in [-0.25, -0.2) is 4.79 Å². The quantitative estimate of drug-likeness (QED) is 0.0873. The molecule has 1 saturated carbocycles. The molecule has 1 aliphatic rings. The second-order valence-corrected chi connectivity index (χ2v) is 13.5. The molecule has 2 unspecified atom stereocenters. The lowest BCUT2D eigenvalue weighted by Gasteiger charge is -2.23. The van der Waals surface area contributed by atoms with Gasteiger partial charge in [0.2, 0.25) is 11.8 Å². The molecule has 0 saturated heterocycles. The lowest BCUT2D eigenvalue weighted by atomic mass is 9.96. The van der Waals surface area contributed by atoms with E-state index in [1.54, 1.807) is 6.07 Å². The van der Waals surface area contributed by atoms with Gasteiger partial charge in [0.25, 0.3) is 0 Å². The monoisotopic (exact) mass is 692 g/mol. The van der Waals surface area contributed by atoms with Gasteiger partial charge in [-0.3, -0.25) is 9.59 Å². The van der Waals surface area contributed by atoms with Gasteiger partial charge in [0, 0.05) is 12.5 Å². The van der Waals surface area contributed by atoms with Crippen LogP contribution in [0, 0.1) is 37.5 Å². The maximum atomic E-state index is 12.2. The third-order valence-corrected chi connectivity index (χ3v) is 8.82. The highest BCUT2D eigenvalue weighted by molar-refractivity contribution is 5.91. The molecule has 2 amide bonds. The minimum atomic E-state index is -0.724. The minimum absolute atomic E-state index is 0.113. The average Bonchev–Trinajstić information content (AvgIpc) is 3.91. The lowest BCUT2D eigenvalue weighted by molar-refractivity contribution is -0.153. The van der Waals surface area contributed by atoms with Gasteiger partial charge in [-0.2, -0.15) is 0 Å². The van der Waals surface area contributed by atoms with Crippen molar-refractivity contribution in [3.8, 4) is 5.75 Å². The van der Waals surface area contributed by atoms with E-state index in [1.165, 1.54) is 36.3 Å². The van der Waals surface area contributed by atoms with E-state index in [1.807, 2.05) is 66.7 Å². The molecule has 278 valence electrons. The molecule has 0 bridgehead atoms. The van der Waals surface area contributed by atoms with Gasteiger partial charge in [-0.15, -0.1) is 0 Å². The standard InChI is InChI=1S/C32H48N2O5.C8H10O.C2H6/c1-8-25-13-15-26(16-14-25)28-18-27(28)22(4)11-9-10-12-30(35)34-20-31(36)33-19-23(5)24(6)39-29(17-21(2)3)32(37)38-7;1-6-3-4-8(9)7(2)5-6;1-2/h10,12-16,21-23,27-29H,6,8-9,11,17-20H2,1-5,7H3,(H,33,36)(H,34,35);3-5,9H,1-2H3;1-2H3/b12-10+;;/t22-,23+,27?,28?,29-;;/m0../s1. The highest BCUT2D eigenvalue weighted by Gasteiger charge is 2.41. The van der Waals surface area contributed by atoms with Crippen LogP contribution in [-0.4, -0.2) is 49.2 Å². The van der Waals surface area contributed by atoms with Crippen molar-refractivity contribution < 1.29 is 29.0 Å². The van der Waals surface area contributed by atoms with Crippen LogP contribution < -0.4 is 10.6 Å². The third kappa shape index (κ3) is 16.6. The second kappa shape index (κ2) is 23.4. The van der Waals surface area contributed by atoms with Gasteiger partial charge in [-0.05, 0) is 98.5 Å². The molecule has 0 aromatic heterocycles. The van der Waals surface area contributed by atoms with Crippen molar-refractivity contribution in [2.24, 2.45) is 23.7 Å². The Balaban J connectivity index is 0.000000969. The summed E-state index contributed by atoms with van der Waals surface area (Å²) in [6, 6.07) is 14.6. The number of nitrogens with one attached hydrogen (secondary N) is 2. The number of phenols is 1.